The number of aliphatic hydroxyl groups excluding tert-OH is 2. The largest absolute Gasteiger partial charge is 0.503 e. The minimum absolute atomic E-state index is 0.0467. The standard InChI is InChI=1S/C22H30N2O4/c1-4-5-6-9-16(12-15(2)3)18-11-8-7-10-17(18)13-20(23)24-21(22(27)28)19(26)14-25/h6-12,14-15,22,26-28H,4-5,13H2,1-3H3,(H2,23,24)/b9-6-,16-12+,21-19+. The number of nitrogens with two attached hydrogens (primary N) is 1. The second kappa shape index (κ2) is 11.9. The van der Waals surface area contributed by atoms with Gasteiger partial charge in [-0.15, -0.1) is 0 Å². The predicted molar refractivity (Wildman–Crippen MR) is 113 cm³/mol. The molecule has 0 bridgehead atoms. The molecule has 0 amide bonds. The molecule has 1 aromatic carbocycles. The molecule has 5 N–H and O–H groups in total. The minimum Gasteiger partial charge on any atom is -0.503 e. The molecule has 0 saturated carbocycles. The quantitative estimate of drug-likeness (QED) is 0.0937. The first-order valence-corrected chi connectivity index (χ1v) is 9.34. The van der Waals surface area contributed by atoms with E-state index in [0.717, 1.165) is 29.5 Å². The molecule has 1 aromatic rings. The molecule has 0 aliphatic carbocycles. The van der Waals surface area contributed by atoms with Gasteiger partial charge in [0, 0.05) is 6.42 Å². The van der Waals surface area contributed by atoms with Crippen LogP contribution in [0.5, 0.6) is 0 Å². The van der Waals surface area contributed by atoms with E-state index in [-0.39, 0.29) is 18.5 Å². The maximum absolute atomic E-state index is 10.7. The molecule has 6 nitrogen and oxygen atoms in total. The third kappa shape index (κ3) is 7.50. The number of hydrogen-bond donors (Lipinski definition) is 4. The monoisotopic (exact) mass is 386 g/mol. The van der Waals surface area contributed by atoms with Gasteiger partial charge in [-0.1, -0.05) is 69.7 Å². The predicted octanol–water partition coefficient (Wildman–Crippen LogP) is 3.26. The van der Waals surface area contributed by atoms with Crippen LogP contribution < -0.4 is 5.73 Å². The van der Waals surface area contributed by atoms with Crippen molar-refractivity contribution >= 4 is 17.7 Å². The van der Waals surface area contributed by atoms with E-state index in [9.17, 15) is 20.1 Å². The fourth-order valence-electron chi connectivity index (χ4n) is 2.62. The lowest BCUT2D eigenvalue weighted by atomic mass is 9.94. The van der Waals surface area contributed by atoms with E-state index in [1.54, 1.807) is 0 Å². The molecule has 28 heavy (non-hydrogen) atoms. The molecule has 1 rings (SSSR count). The number of nitrogens with zero attached hydrogens (tertiary/aromatic N) is 1. The van der Waals surface area contributed by atoms with Crippen molar-refractivity contribution in [3.63, 3.8) is 0 Å². The number of aliphatic imine (C=N–C) groups is 1. The summed E-state index contributed by atoms with van der Waals surface area (Å²) in [5.41, 5.74) is 8.34. The Morgan fingerprint density at radius 2 is 1.93 bits per heavy atom. The summed E-state index contributed by atoms with van der Waals surface area (Å²) in [4.78, 5) is 14.5. The van der Waals surface area contributed by atoms with Crippen molar-refractivity contribution in [2.75, 3.05) is 0 Å². The number of hydrogen-bond acceptors (Lipinski definition) is 5. The van der Waals surface area contributed by atoms with Crippen molar-refractivity contribution in [3.8, 4) is 0 Å². The van der Waals surface area contributed by atoms with Gasteiger partial charge in [-0.05, 0) is 29.0 Å². The molecular weight excluding hydrogens is 356 g/mol. The lowest BCUT2D eigenvalue weighted by molar-refractivity contribution is -0.107. The Bertz CT molecular complexity index is 774. The van der Waals surface area contributed by atoms with Gasteiger partial charge in [-0.3, -0.25) is 4.79 Å². The summed E-state index contributed by atoms with van der Waals surface area (Å²) in [5.74, 6) is -0.469. The van der Waals surface area contributed by atoms with Gasteiger partial charge < -0.3 is 21.1 Å². The summed E-state index contributed by atoms with van der Waals surface area (Å²) in [6, 6.07) is 7.73. The van der Waals surface area contributed by atoms with E-state index >= 15 is 0 Å². The summed E-state index contributed by atoms with van der Waals surface area (Å²) in [7, 11) is 0. The Morgan fingerprint density at radius 3 is 2.50 bits per heavy atom. The highest BCUT2D eigenvalue weighted by atomic mass is 16.5. The Kier molecular flexibility index (Phi) is 9.92. The smallest absolute Gasteiger partial charge is 0.200 e. The molecule has 0 aromatic heterocycles. The first kappa shape index (κ1) is 23.3. The molecule has 0 saturated heterocycles. The number of aliphatic hydroxyl groups is 3. The Morgan fingerprint density at radius 1 is 1.25 bits per heavy atom. The van der Waals surface area contributed by atoms with E-state index in [4.69, 9.17) is 5.73 Å². The topological polar surface area (TPSA) is 116 Å². The van der Waals surface area contributed by atoms with Crippen LogP contribution in [0.1, 0.15) is 44.7 Å². The normalized spacial score (nSPS) is 14.1. The number of allylic oxidation sites excluding steroid dienone is 5. The summed E-state index contributed by atoms with van der Waals surface area (Å²) < 4.78 is 0. The highest BCUT2D eigenvalue weighted by Crippen LogP contribution is 2.23. The lowest BCUT2D eigenvalue weighted by Gasteiger charge is -2.13. The van der Waals surface area contributed by atoms with Gasteiger partial charge in [-0.2, -0.15) is 0 Å². The van der Waals surface area contributed by atoms with Gasteiger partial charge in [0.25, 0.3) is 0 Å². The summed E-state index contributed by atoms with van der Waals surface area (Å²) >= 11 is 0. The number of aldehydes is 1. The Balaban J connectivity index is 3.30. The summed E-state index contributed by atoms with van der Waals surface area (Å²) in [5, 5.41) is 28.1. The number of rotatable bonds is 10. The summed E-state index contributed by atoms with van der Waals surface area (Å²) in [6.45, 7) is 6.33. The van der Waals surface area contributed by atoms with Gasteiger partial charge in [0.05, 0.1) is 0 Å². The molecular formula is C22H30N2O4. The molecule has 0 radical (unpaired) electrons. The Labute approximate surface area is 166 Å². The molecule has 6 heteroatoms. The molecule has 0 fully saturated rings. The van der Waals surface area contributed by atoms with Crippen LogP contribution in [0.25, 0.3) is 5.57 Å². The van der Waals surface area contributed by atoms with E-state index in [1.165, 1.54) is 0 Å². The van der Waals surface area contributed by atoms with Crippen LogP contribution in [0, 0.1) is 5.92 Å². The number of carbonyl (C=O) groups excluding carboxylic acids is 1. The van der Waals surface area contributed by atoms with Gasteiger partial charge >= 0.3 is 0 Å². The van der Waals surface area contributed by atoms with Crippen LogP contribution in [0.15, 0.2) is 58.9 Å². The van der Waals surface area contributed by atoms with Gasteiger partial charge in [0.15, 0.2) is 18.3 Å². The number of unbranched alkanes of at least 4 members (excludes halogenated alkanes) is 1. The first-order valence-electron chi connectivity index (χ1n) is 9.34. The van der Waals surface area contributed by atoms with Crippen LogP contribution in [-0.2, 0) is 11.2 Å². The zero-order valence-corrected chi connectivity index (χ0v) is 16.7. The van der Waals surface area contributed by atoms with Crippen molar-refractivity contribution < 1.29 is 20.1 Å². The first-order chi connectivity index (χ1) is 13.3. The average Bonchev–Trinajstić information content (AvgIpc) is 2.65. The lowest BCUT2D eigenvalue weighted by Crippen LogP contribution is -2.20. The maximum Gasteiger partial charge on any atom is 0.200 e. The van der Waals surface area contributed by atoms with Crippen LogP contribution in [0.4, 0.5) is 0 Å². The summed E-state index contributed by atoms with van der Waals surface area (Å²) in [6.07, 6.45) is 6.63. The van der Waals surface area contributed by atoms with Crippen molar-refractivity contribution in [2.24, 2.45) is 16.6 Å². The average molecular weight is 386 g/mol. The van der Waals surface area contributed by atoms with E-state index in [0.29, 0.717) is 5.92 Å². The zero-order valence-electron chi connectivity index (χ0n) is 16.7. The zero-order chi connectivity index (χ0) is 21.1. The molecule has 152 valence electrons. The fourth-order valence-corrected chi connectivity index (χ4v) is 2.62. The van der Waals surface area contributed by atoms with Crippen LogP contribution in [0.2, 0.25) is 0 Å². The third-order valence-electron chi connectivity index (χ3n) is 3.85. The molecule has 0 heterocycles. The molecule has 0 aliphatic heterocycles. The van der Waals surface area contributed by atoms with E-state index in [1.807, 2.05) is 24.3 Å². The maximum atomic E-state index is 10.7. The fraction of sp³-hybridized carbons (Fsp3) is 0.364. The SMILES string of the molecule is CCC/C=C\C(=C/C(C)C)c1ccccc1CC(N)=N/C(=C(/O)C=O)C(O)O. The van der Waals surface area contributed by atoms with E-state index < -0.39 is 17.7 Å². The highest BCUT2D eigenvalue weighted by Gasteiger charge is 2.14. The van der Waals surface area contributed by atoms with E-state index in [2.05, 4.69) is 44.0 Å². The van der Waals surface area contributed by atoms with Gasteiger partial charge in [0.1, 0.15) is 11.5 Å². The third-order valence-corrected chi connectivity index (χ3v) is 3.85. The Hall–Kier alpha value is -2.70. The number of amidine groups is 1. The molecule has 0 atom stereocenters. The second-order valence-electron chi connectivity index (χ2n) is 6.76. The molecule has 0 aliphatic rings. The van der Waals surface area contributed by atoms with Crippen LogP contribution >= 0.6 is 0 Å². The van der Waals surface area contributed by atoms with Crippen LogP contribution in [-0.4, -0.2) is 33.7 Å². The molecule has 0 unspecified atom stereocenters. The van der Waals surface area contributed by atoms with Crippen molar-refractivity contribution in [1.82, 2.24) is 0 Å². The van der Waals surface area contributed by atoms with Gasteiger partial charge in [0.2, 0.25) is 0 Å². The van der Waals surface area contributed by atoms with Crippen molar-refractivity contribution in [1.29, 1.82) is 0 Å². The van der Waals surface area contributed by atoms with Crippen molar-refractivity contribution in [2.45, 2.75) is 46.3 Å². The van der Waals surface area contributed by atoms with Crippen molar-refractivity contribution in [3.05, 3.63) is 65.1 Å². The molecule has 0 spiro atoms. The number of benzene rings is 1. The number of carbonyl (C=O) groups is 1. The highest BCUT2D eigenvalue weighted by molar-refractivity contribution is 5.87. The van der Waals surface area contributed by atoms with Crippen LogP contribution in [0.3, 0.4) is 0 Å². The second-order valence-corrected chi connectivity index (χ2v) is 6.76. The van der Waals surface area contributed by atoms with Gasteiger partial charge in [-0.25, -0.2) is 4.99 Å². The minimum atomic E-state index is -2.10.